The van der Waals surface area contributed by atoms with Gasteiger partial charge >= 0.3 is 0 Å². The SMILES string of the molecule is COc1cc2c(cc1S(=O)(=O)N1CCCC1)CC1=C(Cc3cc(C#N)ccc31)C2(C)C. The summed E-state index contributed by atoms with van der Waals surface area (Å²) in [6, 6.07) is 11.9. The largest absolute Gasteiger partial charge is 0.495 e. The molecular formula is C25H26N2O3S. The lowest BCUT2D eigenvalue weighted by Gasteiger charge is -2.36. The van der Waals surface area contributed by atoms with Gasteiger partial charge in [-0.25, -0.2) is 8.42 Å². The van der Waals surface area contributed by atoms with E-state index < -0.39 is 10.0 Å². The zero-order valence-electron chi connectivity index (χ0n) is 18.2. The van der Waals surface area contributed by atoms with Crippen molar-refractivity contribution in [3.05, 3.63) is 63.7 Å². The molecule has 160 valence electrons. The number of ether oxygens (including phenoxy) is 1. The monoisotopic (exact) mass is 434 g/mol. The molecule has 0 bridgehead atoms. The zero-order valence-corrected chi connectivity index (χ0v) is 19.0. The Labute approximate surface area is 184 Å². The minimum absolute atomic E-state index is 0.252. The van der Waals surface area contributed by atoms with Crippen LogP contribution in [0.5, 0.6) is 5.75 Å². The topological polar surface area (TPSA) is 70.4 Å². The third-order valence-electron chi connectivity index (χ3n) is 7.16. The molecule has 6 heteroatoms. The van der Waals surface area contributed by atoms with Crippen LogP contribution < -0.4 is 4.74 Å². The summed E-state index contributed by atoms with van der Waals surface area (Å²) < 4.78 is 33.9. The highest BCUT2D eigenvalue weighted by Crippen LogP contribution is 2.51. The first-order chi connectivity index (χ1) is 14.8. The molecule has 1 fully saturated rings. The summed E-state index contributed by atoms with van der Waals surface area (Å²) in [4.78, 5) is 0.272. The van der Waals surface area contributed by atoms with Gasteiger partial charge in [-0.05, 0) is 77.8 Å². The molecule has 0 aromatic heterocycles. The minimum atomic E-state index is -3.59. The Hall–Kier alpha value is -2.62. The second-order valence-electron chi connectivity index (χ2n) is 9.19. The lowest BCUT2D eigenvalue weighted by molar-refractivity contribution is 0.396. The molecule has 31 heavy (non-hydrogen) atoms. The Morgan fingerprint density at radius 3 is 2.48 bits per heavy atom. The lowest BCUT2D eigenvalue weighted by atomic mass is 9.69. The first-order valence-corrected chi connectivity index (χ1v) is 12.2. The molecule has 0 unspecified atom stereocenters. The third-order valence-corrected chi connectivity index (χ3v) is 9.08. The summed E-state index contributed by atoms with van der Waals surface area (Å²) in [7, 11) is -2.05. The van der Waals surface area contributed by atoms with Crippen molar-refractivity contribution in [2.75, 3.05) is 20.2 Å². The summed E-state index contributed by atoms with van der Waals surface area (Å²) >= 11 is 0. The number of sulfonamides is 1. The maximum Gasteiger partial charge on any atom is 0.246 e. The number of nitrogens with zero attached hydrogens (tertiary/aromatic N) is 2. The van der Waals surface area contributed by atoms with Crippen LogP contribution in [-0.4, -0.2) is 32.9 Å². The maximum atomic E-state index is 13.4. The molecule has 2 aromatic rings. The summed E-state index contributed by atoms with van der Waals surface area (Å²) in [5.74, 6) is 0.421. The zero-order chi connectivity index (χ0) is 22.0. The third kappa shape index (κ3) is 2.95. The first kappa shape index (κ1) is 20.3. The van der Waals surface area contributed by atoms with E-state index in [0.717, 1.165) is 30.4 Å². The molecule has 0 N–H and O–H groups in total. The average Bonchev–Trinajstić information content (AvgIpc) is 3.42. The van der Waals surface area contributed by atoms with E-state index in [2.05, 4.69) is 19.9 Å². The van der Waals surface area contributed by atoms with Gasteiger partial charge in [0.15, 0.2) is 0 Å². The van der Waals surface area contributed by atoms with E-state index in [1.54, 1.807) is 11.4 Å². The molecule has 2 aromatic carbocycles. The molecule has 1 aliphatic heterocycles. The van der Waals surface area contributed by atoms with Crippen molar-refractivity contribution < 1.29 is 13.2 Å². The van der Waals surface area contributed by atoms with Gasteiger partial charge in [-0.1, -0.05) is 25.5 Å². The van der Waals surface area contributed by atoms with Crippen LogP contribution in [0.25, 0.3) is 5.57 Å². The van der Waals surface area contributed by atoms with Crippen molar-refractivity contribution in [2.24, 2.45) is 0 Å². The molecule has 2 aliphatic carbocycles. The van der Waals surface area contributed by atoms with Crippen LogP contribution in [0.15, 0.2) is 40.8 Å². The Morgan fingerprint density at radius 2 is 1.81 bits per heavy atom. The predicted molar refractivity (Wildman–Crippen MR) is 119 cm³/mol. The molecular weight excluding hydrogens is 408 g/mol. The Kier molecular flexibility index (Phi) is 4.55. The fourth-order valence-corrected chi connectivity index (χ4v) is 7.18. The highest BCUT2D eigenvalue weighted by Gasteiger charge is 2.40. The number of allylic oxidation sites excluding steroid dienone is 2. The number of methoxy groups -OCH3 is 1. The lowest BCUT2D eigenvalue weighted by Crippen LogP contribution is -2.30. The molecule has 3 aliphatic rings. The second-order valence-corrected chi connectivity index (χ2v) is 11.1. The molecule has 0 radical (unpaired) electrons. The van der Waals surface area contributed by atoms with Crippen molar-refractivity contribution in [1.82, 2.24) is 4.31 Å². The number of nitriles is 1. The van der Waals surface area contributed by atoms with Crippen molar-refractivity contribution in [3.8, 4) is 11.8 Å². The first-order valence-electron chi connectivity index (χ1n) is 10.7. The molecule has 0 spiro atoms. The molecule has 1 heterocycles. The fraction of sp³-hybridized carbons (Fsp3) is 0.400. The van der Waals surface area contributed by atoms with Gasteiger partial charge < -0.3 is 4.74 Å². The van der Waals surface area contributed by atoms with Crippen molar-refractivity contribution in [1.29, 1.82) is 5.26 Å². The summed E-state index contributed by atoms with van der Waals surface area (Å²) in [6.07, 6.45) is 3.32. The summed E-state index contributed by atoms with van der Waals surface area (Å²) in [6.45, 7) is 5.53. The van der Waals surface area contributed by atoms with Gasteiger partial charge in [-0.15, -0.1) is 0 Å². The van der Waals surface area contributed by atoms with Crippen molar-refractivity contribution in [3.63, 3.8) is 0 Å². The minimum Gasteiger partial charge on any atom is -0.495 e. The second kappa shape index (κ2) is 6.94. The number of hydrogen-bond donors (Lipinski definition) is 0. The van der Waals surface area contributed by atoms with Gasteiger partial charge in [0.2, 0.25) is 10.0 Å². The van der Waals surface area contributed by atoms with Crippen LogP contribution in [0.1, 0.15) is 54.5 Å². The highest BCUT2D eigenvalue weighted by molar-refractivity contribution is 7.89. The average molecular weight is 435 g/mol. The quantitative estimate of drug-likeness (QED) is 0.726. The van der Waals surface area contributed by atoms with Gasteiger partial charge in [0.1, 0.15) is 10.6 Å². The maximum absolute atomic E-state index is 13.4. The summed E-state index contributed by atoms with van der Waals surface area (Å²) in [5.41, 5.74) is 7.58. The van der Waals surface area contributed by atoms with Crippen LogP contribution in [-0.2, 0) is 28.3 Å². The number of benzene rings is 2. The molecule has 1 saturated heterocycles. The van der Waals surface area contributed by atoms with Crippen molar-refractivity contribution >= 4 is 15.6 Å². The standard InChI is InChI=1S/C25H26N2O3S/c1-25(2)21-14-23(30-3)24(31(28,29)27-8-4-5-9-27)13-18(21)11-20-19-7-6-16(15-26)10-17(19)12-22(20)25/h6-7,10,13-14H,4-5,8-9,11-12H2,1-3H3. The van der Waals surface area contributed by atoms with Crippen LogP contribution >= 0.6 is 0 Å². The van der Waals surface area contributed by atoms with Crippen LogP contribution in [0.2, 0.25) is 0 Å². The van der Waals surface area contributed by atoms with E-state index in [1.165, 1.54) is 22.3 Å². The summed E-state index contributed by atoms with van der Waals surface area (Å²) in [5, 5.41) is 9.29. The van der Waals surface area contributed by atoms with Gasteiger partial charge in [0.25, 0.3) is 0 Å². The van der Waals surface area contributed by atoms with Crippen LogP contribution in [0.3, 0.4) is 0 Å². The number of rotatable bonds is 3. The van der Waals surface area contributed by atoms with E-state index in [0.29, 0.717) is 30.8 Å². The number of hydrogen-bond acceptors (Lipinski definition) is 4. The number of fused-ring (bicyclic) bond motifs is 3. The highest BCUT2D eigenvalue weighted by atomic mass is 32.2. The van der Waals surface area contributed by atoms with Crippen LogP contribution in [0.4, 0.5) is 0 Å². The predicted octanol–water partition coefficient (Wildman–Crippen LogP) is 4.19. The van der Waals surface area contributed by atoms with Gasteiger partial charge in [-0.2, -0.15) is 9.57 Å². The van der Waals surface area contributed by atoms with E-state index in [1.807, 2.05) is 30.3 Å². The Balaban J connectivity index is 1.64. The molecule has 5 nitrogen and oxygen atoms in total. The molecule has 0 atom stereocenters. The normalized spacial score (nSPS) is 19.5. The Bertz CT molecular complexity index is 1280. The van der Waals surface area contributed by atoms with E-state index in [4.69, 9.17) is 4.74 Å². The van der Waals surface area contributed by atoms with Gasteiger partial charge in [-0.3, -0.25) is 0 Å². The van der Waals surface area contributed by atoms with Gasteiger partial charge in [0.05, 0.1) is 18.7 Å². The van der Waals surface area contributed by atoms with E-state index in [9.17, 15) is 13.7 Å². The molecule has 5 rings (SSSR count). The molecule has 0 amide bonds. The Morgan fingerprint density at radius 1 is 1.06 bits per heavy atom. The van der Waals surface area contributed by atoms with Gasteiger partial charge in [0, 0.05) is 18.5 Å². The van der Waals surface area contributed by atoms with E-state index in [-0.39, 0.29) is 10.3 Å². The van der Waals surface area contributed by atoms with Crippen LogP contribution in [0, 0.1) is 11.3 Å². The molecule has 0 saturated carbocycles. The fourth-order valence-electron chi connectivity index (χ4n) is 5.48. The van der Waals surface area contributed by atoms with E-state index >= 15 is 0 Å². The smallest absolute Gasteiger partial charge is 0.246 e. The van der Waals surface area contributed by atoms with Crippen molar-refractivity contribution in [2.45, 2.75) is 49.8 Å².